The van der Waals surface area contributed by atoms with E-state index in [1.54, 1.807) is 4.90 Å². The zero-order chi connectivity index (χ0) is 18.4. The number of nitrogens with one attached hydrogen (secondary N) is 1. The van der Waals surface area contributed by atoms with Gasteiger partial charge >= 0.3 is 5.97 Å². The number of hydrogen-bond acceptors (Lipinski definition) is 4. The van der Waals surface area contributed by atoms with Gasteiger partial charge in [-0.05, 0) is 25.3 Å². The third-order valence-corrected chi connectivity index (χ3v) is 4.41. The Morgan fingerprint density at radius 2 is 1.96 bits per heavy atom. The van der Waals surface area contributed by atoms with Crippen molar-refractivity contribution in [2.75, 3.05) is 19.6 Å². The summed E-state index contributed by atoms with van der Waals surface area (Å²) in [6, 6.07) is 9.42. The number of aliphatic carboxylic acids is 1. The molecule has 25 heavy (non-hydrogen) atoms. The average Bonchev–Trinajstić information content (AvgIpc) is 2.60. The van der Waals surface area contributed by atoms with E-state index in [9.17, 15) is 19.5 Å². The number of hydrogen-bond donors (Lipinski definition) is 3. The van der Waals surface area contributed by atoms with Crippen LogP contribution in [0.4, 0.5) is 0 Å². The highest BCUT2D eigenvalue weighted by Gasteiger charge is 2.33. The minimum atomic E-state index is -2.01. The maximum Gasteiger partial charge on any atom is 0.337 e. The van der Waals surface area contributed by atoms with Gasteiger partial charge in [-0.3, -0.25) is 9.59 Å². The molecule has 1 aromatic rings. The monoisotopic (exact) mass is 348 g/mol. The molecule has 1 aliphatic heterocycles. The van der Waals surface area contributed by atoms with E-state index in [-0.39, 0.29) is 18.4 Å². The van der Waals surface area contributed by atoms with E-state index in [4.69, 9.17) is 5.11 Å². The van der Waals surface area contributed by atoms with Crippen LogP contribution in [0, 0.1) is 5.92 Å². The molecule has 7 heteroatoms. The van der Waals surface area contributed by atoms with Gasteiger partial charge in [0.05, 0.1) is 18.9 Å². The van der Waals surface area contributed by atoms with Crippen molar-refractivity contribution in [1.29, 1.82) is 0 Å². The molecular weight excluding hydrogens is 324 g/mol. The highest BCUT2D eigenvalue weighted by atomic mass is 16.4. The van der Waals surface area contributed by atoms with Crippen LogP contribution >= 0.6 is 0 Å². The van der Waals surface area contributed by atoms with Crippen LogP contribution in [0.5, 0.6) is 0 Å². The van der Waals surface area contributed by atoms with Crippen LogP contribution in [0.3, 0.4) is 0 Å². The number of rotatable bonds is 6. The normalized spacial score (nSPS) is 19.8. The summed E-state index contributed by atoms with van der Waals surface area (Å²) in [6.45, 7) is 1.69. The van der Waals surface area contributed by atoms with Gasteiger partial charge in [0.25, 0.3) is 0 Å². The third kappa shape index (κ3) is 5.29. The number of nitrogens with zero attached hydrogens (tertiary/aromatic N) is 1. The summed E-state index contributed by atoms with van der Waals surface area (Å²) in [5.74, 6) is -2.14. The lowest BCUT2D eigenvalue weighted by molar-refractivity contribution is -0.156. The molecule has 1 fully saturated rings. The third-order valence-electron chi connectivity index (χ3n) is 4.41. The second-order valence-electron chi connectivity index (χ2n) is 6.64. The molecule has 0 radical (unpaired) electrons. The van der Waals surface area contributed by atoms with E-state index < -0.39 is 17.5 Å². The van der Waals surface area contributed by atoms with Crippen molar-refractivity contribution >= 4 is 17.8 Å². The summed E-state index contributed by atoms with van der Waals surface area (Å²) in [7, 11) is 0. The number of carboxylic acid groups (broad SMARTS) is 1. The van der Waals surface area contributed by atoms with Crippen LogP contribution in [0.25, 0.3) is 0 Å². The summed E-state index contributed by atoms with van der Waals surface area (Å²) in [4.78, 5) is 37.2. The first-order valence-electron chi connectivity index (χ1n) is 8.35. The van der Waals surface area contributed by atoms with Crippen molar-refractivity contribution in [1.82, 2.24) is 10.2 Å². The first-order chi connectivity index (χ1) is 11.8. The molecule has 2 amide bonds. The molecule has 1 aliphatic rings. The summed E-state index contributed by atoms with van der Waals surface area (Å²) in [6.07, 6.45) is 1.65. The van der Waals surface area contributed by atoms with Crippen LogP contribution in [0.2, 0.25) is 0 Å². The predicted octanol–water partition coefficient (Wildman–Crippen LogP) is 0.420. The number of aliphatic hydroxyl groups is 1. The lowest BCUT2D eigenvalue weighted by atomic mass is 9.96. The lowest BCUT2D eigenvalue weighted by Gasteiger charge is -2.32. The molecule has 2 rings (SSSR count). The Balaban J connectivity index is 1.88. The van der Waals surface area contributed by atoms with Gasteiger partial charge in [-0.15, -0.1) is 0 Å². The smallest absolute Gasteiger partial charge is 0.337 e. The fourth-order valence-corrected chi connectivity index (χ4v) is 2.78. The van der Waals surface area contributed by atoms with E-state index in [2.05, 4.69) is 5.32 Å². The van der Waals surface area contributed by atoms with Gasteiger partial charge < -0.3 is 20.4 Å². The number of piperidine rings is 1. The van der Waals surface area contributed by atoms with E-state index >= 15 is 0 Å². The molecule has 1 heterocycles. The van der Waals surface area contributed by atoms with Crippen LogP contribution in [-0.2, 0) is 20.8 Å². The number of carbonyl (C=O) groups excluding carboxylic acids is 2. The van der Waals surface area contributed by atoms with Crippen molar-refractivity contribution in [2.24, 2.45) is 5.92 Å². The van der Waals surface area contributed by atoms with Crippen molar-refractivity contribution in [3.05, 3.63) is 35.9 Å². The Hall–Kier alpha value is -2.41. The van der Waals surface area contributed by atoms with Gasteiger partial charge in [0, 0.05) is 13.1 Å². The standard InChI is InChI=1S/C18H24N2O5/c1-18(25,17(23)24)12-19-16(22)14-8-5-9-20(11-14)15(21)10-13-6-3-2-4-7-13/h2-4,6-7,14,25H,5,8-12H2,1H3,(H,19,22)(H,23,24). The van der Waals surface area contributed by atoms with Crippen LogP contribution < -0.4 is 5.32 Å². The molecule has 0 aromatic heterocycles. The molecule has 7 nitrogen and oxygen atoms in total. The highest BCUT2D eigenvalue weighted by Crippen LogP contribution is 2.18. The number of amides is 2. The Bertz CT molecular complexity index is 630. The van der Waals surface area contributed by atoms with Crippen molar-refractivity contribution in [3.8, 4) is 0 Å². The first-order valence-corrected chi connectivity index (χ1v) is 8.35. The molecule has 2 atom stereocenters. The number of carboxylic acids is 1. The maximum atomic E-state index is 12.4. The van der Waals surface area contributed by atoms with E-state index in [0.717, 1.165) is 12.5 Å². The Labute approximate surface area is 146 Å². The van der Waals surface area contributed by atoms with Gasteiger partial charge in [0.1, 0.15) is 0 Å². The van der Waals surface area contributed by atoms with Gasteiger partial charge in [-0.25, -0.2) is 4.79 Å². The predicted molar refractivity (Wildman–Crippen MR) is 90.7 cm³/mol. The summed E-state index contributed by atoms with van der Waals surface area (Å²) in [5, 5.41) is 21.0. The minimum Gasteiger partial charge on any atom is -0.479 e. The SMILES string of the molecule is CC(O)(CNC(=O)C1CCCN(C(=O)Cc2ccccc2)C1)C(=O)O. The molecule has 0 spiro atoms. The molecule has 2 unspecified atom stereocenters. The second-order valence-corrected chi connectivity index (χ2v) is 6.64. The Kier molecular flexibility index (Phi) is 6.14. The summed E-state index contributed by atoms with van der Waals surface area (Å²) >= 11 is 0. The van der Waals surface area contributed by atoms with E-state index in [1.165, 1.54) is 0 Å². The fourth-order valence-electron chi connectivity index (χ4n) is 2.78. The van der Waals surface area contributed by atoms with Crippen LogP contribution in [0.15, 0.2) is 30.3 Å². The zero-order valence-electron chi connectivity index (χ0n) is 14.3. The Morgan fingerprint density at radius 3 is 2.60 bits per heavy atom. The van der Waals surface area contributed by atoms with Crippen molar-refractivity contribution < 1.29 is 24.6 Å². The minimum absolute atomic E-state index is 0.0266. The molecular formula is C18H24N2O5. The maximum absolute atomic E-state index is 12.4. The van der Waals surface area contributed by atoms with Crippen molar-refractivity contribution in [2.45, 2.75) is 31.8 Å². The lowest BCUT2D eigenvalue weighted by Crippen LogP contribution is -2.50. The van der Waals surface area contributed by atoms with Crippen LogP contribution in [-0.4, -0.2) is 58.1 Å². The van der Waals surface area contributed by atoms with Gasteiger partial charge in [0.15, 0.2) is 5.60 Å². The van der Waals surface area contributed by atoms with Gasteiger partial charge in [0.2, 0.25) is 11.8 Å². The summed E-state index contributed by atoms with van der Waals surface area (Å²) in [5.41, 5.74) is -1.08. The molecule has 0 aliphatic carbocycles. The zero-order valence-corrected chi connectivity index (χ0v) is 14.3. The molecule has 136 valence electrons. The van der Waals surface area contributed by atoms with Crippen molar-refractivity contribution in [3.63, 3.8) is 0 Å². The molecule has 3 N–H and O–H groups in total. The van der Waals surface area contributed by atoms with Crippen LogP contribution in [0.1, 0.15) is 25.3 Å². The highest BCUT2D eigenvalue weighted by molar-refractivity contribution is 5.83. The van der Waals surface area contributed by atoms with Gasteiger partial charge in [-0.2, -0.15) is 0 Å². The quantitative estimate of drug-likeness (QED) is 0.691. The van der Waals surface area contributed by atoms with E-state index in [1.807, 2.05) is 30.3 Å². The fraction of sp³-hybridized carbons (Fsp3) is 0.500. The summed E-state index contributed by atoms with van der Waals surface area (Å²) < 4.78 is 0. The topological polar surface area (TPSA) is 107 Å². The largest absolute Gasteiger partial charge is 0.479 e. The number of benzene rings is 1. The molecule has 1 aromatic carbocycles. The number of likely N-dealkylation sites (tertiary alicyclic amines) is 1. The second kappa shape index (κ2) is 8.11. The van der Waals surface area contributed by atoms with E-state index in [0.29, 0.717) is 32.4 Å². The molecule has 0 saturated carbocycles. The average molecular weight is 348 g/mol. The Morgan fingerprint density at radius 1 is 1.28 bits per heavy atom. The first kappa shape index (κ1) is 18.9. The number of carbonyl (C=O) groups is 3. The molecule has 0 bridgehead atoms. The molecule has 1 saturated heterocycles. The van der Waals surface area contributed by atoms with Gasteiger partial charge in [-0.1, -0.05) is 30.3 Å².